The fourth-order valence-electron chi connectivity index (χ4n) is 4.08. The van der Waals surface area contributed by atoms with Crippen LogP contribution in [0.3, 0.4) is 0 Å². The molecule has 0 fully saturated rings. The average Bonchev–Trinajstić information content (AvgIpc) is 2.71. The molecule has 3 rings (SSSR count). The first-order valence-electron chi connectivity index (χ1n) is 9.56. The summed E-state index contributed by atoms with van der Waals surface area (Å²) in [6.07, 6.45) is 1.88. The van der Waals surface area contributed by atoms with E-state index in [1.165, 1.54) is 11.1 Å². The third-order valence-electron chi connectivity index (χ3n) is 5.85. The Hall–Kier alpha value is -2.56. The third kappa shape index (κ3) is 3.34. The van der Waals surface area contributed by atoms with Crippen molar-refractivity contribution in [3.05, 3.63) is 29.3 Å². The van der Waals surface area contributed by atoms with Gasteiger partial charge >= 0.3 is 0 Å². The molecule has 0 bridgehead atoms. The van der Waals surface area contributed by atoms with Crippen molar-refractivity contribution in [1.29, 1.82) is 0 Å². The molecule has 0 heterocycles. The van der Waals surface area contributed by atoms with E-state index in [0.29, 0.717) is 34.8 Å². The molecular formula is C23H30O5. The Morgan fingerprint density at radius 3 is 1.64 bits per heavy atom. The lowest BCUT2D eigenvalue weighted by Crippen LogP contribution is -2.18. The highest BCUT2D eigenvalue weighted by Crippen LogP contribution is 2.51. The van der Waals surface area contributed by atoms with Crippen LogP contribution in [0.2, 0.25) is 0 Å². The van der Waals surface area contributed by atoms with Gasteiger partial charge in [0, 0.05) is 5.56 Å². The molecule has 0 spiro atoms. The molecule has 2 aromatic carbocycles. The van der Waals surface area contributed by atoms with E-state index in [1.807, 2.05) is 6.07 Å². The van der Waals surface area contributed by atoms with Gasteiger partial charge in [0.25, 0.3) is 0 Å². The number of fused-ring (bicyclic) bond motifs is 3. The second-order valence-electron chi connectivity index (χ2n) is 7.41. The quantitative estimate of drug-likeness (QED) is 0.741. The van der Waals surface area contributed by atoms with Crippen LogP contribution in [0, 0.1) is 11.8 Å². The summed E-state index contributed by atoms with van der Waals surface area (Å²) < 4.78 is 28.3. The summed E-state index contributed by atoms with van der Waals surface area (Å²) in [4.78, 5) is 0. The van der Waals surface area contributed by atoms with Crippen molar-refractivity contribution in [1.82, 2.24) is 0 Å². The van der Waals surface area contributed by atoms with E-state index in [1.54, 1.807) is 35.5 Å². The number of hydrogen-bond donors (Lipinski definition) is 0. The molecule has 152 valence electrons. The second-order valence-corrected chi connectivity index (χ2v) is 7.41. The summed E-state index contributed by atoms with van der Waals surface area (Å²) in [5, 5.41) is 0. The lowest BCUT2D eigenvalue weighted by molar-refractivity contribution is 0.322. The van der Waals surface area contributed by atoms with Gasteiger partial charge in [0.05, 0.1) is 35.5 Å². The van der Waals surface area contributed by atoms with E-state index < -0.39 is 0 Å². The Balaban J connectivity index is 2.40. The molecule has 1 aliphatic carbocycles. The standard InChI is InChI=1S/C23H30O5/c1-13-8-15-10-18(24-3)19(25-4)12-17(15)21-16(9-14(13)2)11-20(26-5)22(27-6)23(21)28-7/h10-14H,8-9H2,1-7H3/t13-,14+/m0/s1. The Bertz CT molecular complexity index is 859. The summed E-state index contributed by atoms with van der Waals surface area (Å²) in [7, 11) is 8.28. The summed E-state index contributed by atoms with van der Waals surface area (Å²) in [5.74, 6) is 4.43. The lowest BCUT2D eigenvalue weighted by Gasteiger charge is -2.29. The molecule has 0 saturated heterocycles. The monoisotopic (exact) mass is 386 g/mol. The predicted molar refractivity (Wildman–Crippen MR) is 110 cm³/mol. The van der Waals surface area contributed by atoms with Crippen molar-refractivity contribution in [2.75, 3.05) is 35.5 Å². The maximum atomic E-state index is 5.85. The van der Waals surface area contributed by atoms with Gasteiger partial charge < -0.3 is 23.7 Å². The predicted octanol–water partition coefficient (Wildman–Crippen LogP) is 4.77. The van der Waals surface area contributed by atoms with Gasteiger partial charge in [-0.15, -0.1) is 0 Å². The zero-order valence-electron chi connectivity index (χ0n) is 17.8. The fourth-order valence-corrected chi connectivity index (χ4v) is 4.08. The first-order valence-corrected chi connectivity index (χ1v) is 9.56. The molecule has 2 aromatic rings. The van der Waals surface area contributed by atoms with Crippen molar-refractivity contribution < 1.29 is 23.7 Å². The normalized spacial score (nSPS) is 18.2. The summed E-state index contributed by atoms with van der Waals surface area (Å²) in [6, 6.07) is 6.21. The minimum absolute atomic E-state index is 0.503. The number of rotatable bonds is 5. The minimum Gasteiger partial charge on any atom is -0.493 e. The zero-order chi connectivity index (χ0) is 20.4. The van der Waals surface area contributed by atoms with Gasteiger partial charge in [-0.25, -0.2) is 0 Å². The van der Waals surface area contributed by atoms with Crippen LogP contribution in [0.5, 0.6) is 28.7 Å². The Morgan fingerprint density at radius 1 is 0.607 bits per heavy atom. The topological polar surface area (TPSA) is 46.2 Å². The first-order chi connectivity index (χ1) is 13.5. The highest BCUT2D eigenvalue weighted by molar-refractivity contribution is 5.83. The molecule has 0 N–H and O–H groups in total. The largest absolute Gasteiger partial charge is 0.493 e. The Labute approximate surface area is 167 Å². The molecule has 5 heteroatoms. The van der Waals surface area contributed by atoms with Gasteiger partial charge in [0.2, 0.25) is 5.75 Å². The van der Waals surface area contributed by atoms with Crippen LogP contribution in [-0.4, -0.2) is 35.5 Å². The maximum Gasteiger partial charge on any atom is 0.203 e. The fraction of sp³-hybridized carbons (Fsp3) is 0.478. The molecule has 0 unspecified atom stereocenters. The molecule has 28 heavy (non-hydrogen) atoms. The van der Waals surface area contributed by atoms with Crippen LogP contribution >= 0.6 is 0 Å². The second kappa shape index (κ2) is 8.21. The number of hydrogen-bond acceptors (Lipinski definition) is 5. The van der Waals surface area contributed by atoms with E-state index in [0.717, 1.165) is 29.7 Å². The number of methoxy groups -OCH3 is 5. The molecule has 1 aliphatic rings. The maximum absolute atomic E-state index is 5.85. The van der Waals surface area contributed by atoms with Gasteiger partial charge in [-0.1, -0.05) is 13.8 Å². The molecule has 0 saturated carbocycles. The molecular weight excluding hydrogens is 356 g/mol. The van der Waals surface area contributed by atoms with Crippen molar-refractivity contribution >= 4 is 0 Å². The third-order valence-corrected chi connectivity index (χ3v) is 5.85. The number of benzene rings is 2. The van der Waals surface area contributed by atoms with Gasteiger partial charge in [0.15, 0.2) is 23.0 Å². The van der Waals surface area contributed by atoms with Gasteiger partial charge in [-0.2, -0.15) is 0 Å². The van der Waals surface area contributed by atoms with Gasteiger partial charge in [-0.3, -0.25) is 0 Å². The average molecular weight is 386 g/mol. The zero-order valence-corrected chi connectivity index (χ0v) is 17.8. The highest BCUT2D eigenvalue weighted by Gasteiger charge is 2.29. The summed E-state index contributed by atoms with van der Waals surface area (Å²) >= 11 is 0. The summed E-state index contributed by atoms with van der Waals surface area (Å²) in [5.41, 5.74) is 4.52. The minimum atomic E-state index is 0.503. The van der Waals surface area contributed by atoms with Crippen LogP contribution in [0.25, 0.3) is 11.1 Å². The SMILES string of the molecule is COc1cc2c(cc1OC)-c1c(cc(OC)c(OC)c1OC)C[C@@H](C)[C@@H](C)C2. The van der Waals surface area contributed by atoms with Gasteiger partial charge in [-0.05, 0) is 59.6 Å². The molecule has 0 radical (unpaired) electrons. The Kier molecular flexibility index (Phi) is 5.92. The number of ether oxygens (including phenoxy) is 5. The molecule has 2 atom stereocenters. The lowest BCUT2D eigenvalue weighted by atomic mass is 9.78. The van der Waals surface area contributed by atoms with Crippen molar-refractivity contribution in [3.8, 4) is 39.9 Å². The van der Waals surface area contributed by atoms with E-state index in [2.05, 4.69) is 26.0 Å². The Morgan fingerprint density at radius 2 is 1.11 bits per heavy atom. The van der Waals surface area contributed by atoms with Crippen LogP contribution in [0.4, 0.5) is 0 Å². The molecule has 0 amide bonds. The molecule has 5 nitrogen and oxygen atoms in total. The van der Waals surface area contributed by atoms with E-state index in [4.69, 9.17) is 23.7 Å². The van der Waals surface area contributed by atoms with Crippen LogP contribution in [0.15, 0.2) is 18.2 Å². The van der Waals surface area contributed by atoms with Crippen molar-refractivity contribution in [3.63, 3.8) is 0 Å². The van der Waals surface area contributed by atoms with Crippen molar-refractivity contribution in [2.45, 2.75) is 26.7 Å². The van der Waals surface area contributed by atoms with Crippen LogP contribution < -0.4 is 23.7 Å². The molecule has 0 aliphatic heterocycles. The van der Waals surface area contributed by atoms with Crippen LogP contribution in [-0.2, 0) is 12.8 Å². The van der Waals surface area contributed by atoms with Crippen molar-refractivity contribution in [2.24, 2.45) is 11.8 Å². The first kappa shape index (κ1) is 20.2. The van der Waals surface area contributed by atoms with Gasteiger partial charge in [0.1, 0.15) is 0 Å². The smallest absolute Gasteiger partial charge is 0.203 e. The van der Waals surface area contributed by atoms with E-state index >= 15 is 0 Å². The van der Waals surface area contributed by atoms with E-state index in [-0.39, 0.29) is 0 Å². The van der Waals surface area contributed by atoms with Crippen LogP contribution in [0.1, 0.15) is 25.0 Å². The summed E-state index contributed by atoms with van der Waals surface area (Å²) in [6.45, 7) is 4.59. The molecule has 0 aromatic heterocycles. The highest BCUT2D eigenvalue weighted by atomic mass is 16.5. The van der Waals surface area contributed by atoms with E-state index in [9.17, 15) is 0 Å².